The molecule has 2 aromatic rings. The van der Waals surface area contributed by atoms with Gasteiger partial charge in [-0.3, -0.25) is 9.69 Å². The molecular formula is C22H27N3O. The predicted molar refractivity (Wildman–Crippen MR) is 103 cm³/mol. The van der Waals surface area contributed by atoms with Gasteiger partial charge in [-0.2, -0.15) is 0 Å². The Labute approximate surface area is 155 Å². The van der Waals surface area contributed by atoms with E-state index in [1.54, 1.807) is 0 Å². The molecule has 0 aliphatic carbocycles. The highest BCUT2D eigenvalue weighted by atomic mass is 16.2. The third kappa shape index (κ3) is 3.97. The minimum absolute atomic E-state index is 0.0138. The van der Waals surface area contributed by atoms with Crippen LogP contribution < -0.4 is 10.6 Å². The first-order valence-electron chi connectivity index (χ1n) is 9.67. The van der Waals surface area contributed by atoms with Crippen molar-refractivity contribution in [2.75, 3.05) is 6.54 Å². The van der Waals surface area contributed by atoms with Crippen molar-refractivity contribution in [3.05, 3.63) is 70.8 Å². The molecule has 2 N–H and O–H groups in total. The number of carbonyl (C=O) groups is 1. The Morgan fingerprint density at radius 2 is 1.88 bits per heavy atom. The lowest BCUT2D eigenvalue weighted by Gasteiger charge is -2.34. The first-order valence-corrected chi connectivity index (χ1v) is 9.67. The van der Waals surface area contributed by atoms with E-state index in [9.17, 15) is 4.79 Å². The summed E-state index contributed by atoms with van der Waals surface area (Å²) in [5, 5.41) is 6.54. The molecule has 4 rings (SSSR count). The van der Waals surface area contributed by atoms with Gasteiger partial charge in [0.25, 0.3) is 0 Å². The van der Waals surface area contributed by atoms with Crippen LogP contribution in [0.5, 0.6) is 0 Å². The van der Waals surface area contributed by atoms with E-state index in [4.69, 9.17) is 0 Å². The molecule has 4 nitrogen and oxygen atoms in total. The molecule has 136 valence electrons. The van der Waals surface area contributed by atoms with E-state index in [-0.39, 0.29) is 11.9 Å². The van der Waals surface area contributed by atoms with Crippen molar-refractivity contribution in [1.29, 1.82) is 0 Å². The van der Waals surface area contributed by atoms with Gasteiger partial charge >= 0.3 is 0 Å². The summed E-state index contributed by atoms with van der Waals surface area (Å²) >= 11 is 0. The maximum absolute atomic E-state index is 12.8. The van der Waals surface area contributed by atoms with Crippen LogP contribution in [0.4, 0.5) is 0 Å². The summed E-state index contributed by atoms with van der Waals surface area (Å²) in [4.78, 5) is 15.2. The molecule has 4 heteroatoms. The van der Waals surface area contributed by atoms with E-state index in [0.29, 0.717) is 6.54 Å². The van der Waals surface area contributed by atoms with Crippen LogP contribution in [-0.4, -0.2) is 23.4 Å². The van der Waals surface area contributed by atoms with Gasteiger partial charge in [0.2, 0.25) is 5.91 Å². The molecule has 2 aromatic carbocycles. The number of amides is 1. The summed E-state index contributed by atoms with van der Waals surface area (Å²) in [7, 11) is 0. The number of nitrogens with one attached hydrogen (secondary N) is 2. The molecular weight excluding hydrogens is 322 g/mol. The average molecular weight is 349 g/mol. The molecule has 0 saturated carbocycles. The molecule has 0 aromatic heterocycles. The summed E-state index contributed by atoms with van der Waals surface area (Å²) in [6, 6.07) is 17.0. The van der Waals surface area contributed by atoms with Gasteiger partial charge in [-0.25, -0.2) is 0 Å². The van der Waals surface area contributed by atoms with Crippen molar-refractivity contribution in [3.8, 4) is 0 Å². The van der Waals surface area contributed by atoms with Crippen molar-refractivity contribution < 1.29 is 4.79 Å². The molecule has 0 radical (unpaired) electrons. The minimum Gasteiger partial charge on any atom is -0.351 e. The highest BCUT2D eigenvalue weighted by Gasteiger charge is 2.28. The highest BCUT2D eigenvalue weighted by Crippen LogP contribution is 2.21. The van der Waals surface area contributed by atoms with Gasteiger partial charge in [0, 0.05) is 26.2 Å². The number of benzene rings is 2. The number of nitrogens with zero attached hydrogens (tertiary/aromatic N) is 1. The number of fused-ring (bicyclic) bond motifs is 1. The lowest BCUT2D eigenvalue weighted by Crippen LogP contribution is -2.48. The molecule has 1 unspecified atom stereocenters. The highest BCUT2D eigenvalue weighted by molar-refractivity contribution is 5.81. The van der Waals surface area contributed by atoms with Crippen molar-refractivity contribution in [3.63, 3.8) is 0 Å². The molecule has 1 atom stereocenters. The van der Waals surface area contributed by atoms with Gasteiger partial charge in [0.1, 0.15) is 0 Å². The molecule has 2 aliphatic rings. The maximum atomic E-state index is 12.8. The Morgan fingerprint density at radius 3 is 2.77 bits per heavy atom. The van der Waals surface area contributed by atoms with Crippen LogP contribution in [-0.2, 0) is 31.0 Å². The van der Waals surface area contributed by atoms with Crippen LogP contribution in [0, 0.1) is 0 Å². The van der Waals surface area contributed by atoms with Gasteiger partial charge in [-0.15, -0.1) is 0 Å². The van der Waals surface area contributed by atoms with E-state index in [2.05, 4.69) is 58.0 Å². The average Bonchev–Trinajstić information content (AvgIpc) is 3.15. The summed E-state index contributed by atoms with van der Waals surface area (Å²) < 4.78 is 0. The minimum atomic E-state index is -0.0138. The van der Waals surface area contributed by atoms with Crippen LogP contribution in [0.15, 0.2) is 48.5 Å². The van der Waals surface area contributed by atoms with Gasteiger partial charge in [-0.1, -0.05) is 55.0 Å². The monoisotopic (exact) mass is 349 g/mol. The molecule has 0 spiro atoms. The molecule has 1 amide bonds. The Kier molecular flexibility index (Phi) is 5.32. The number of likely N-dealkylation sites (tertiary alicyclic amines) is 1. The smallest absolute Gasteiger partial charge is 0.237 e. The van der Waals surface area contributed by atoms with Crippen molar-refractivity contribution in [1.82, 2.24) is 15.5 Å². The van der Waals surface area contributed by atoms with Crippen molar-refractivity contribution in [2.45, 2.75) is 51.5 Å². The molecule has 2 aliphatic heterocycles. The van der Waals surface area contributed by atoms with Gasteiger partial charge in [0.15, 0.2) is 0 Å². The fourth-order valence-electron chi connectivity index (χ4n) is 4.06. The van der Waals surface area contributed by atoms with Crippen molar-refractivity contribution >= 4 is 5.91 Å². The predicted octanol–water partition coefficient (Wildman–Crippen LogP) is 2.96. The first-order chi connectivity index (χ1) is 12.8. The third-order valence-electron chi connectivity index (χ3n) is 5.51. The molecule has 0 bridgehead atoms. The second-order valence-electron chi connectivity index (χ2n) is 7.39. The number of rotatable bonds is 5. The second kappa shape index (κ2) is 8.02. The fraction of sp³-hybridized carbons (Fsp3) is 0.409. The normalized spacial score (nSPS) is 19.9. The third-order valence-corrected chi connectivity index (χ3v) is 5.51. The number of hydrogen-bond donors (Lipinski definition) is 2. The van der Waals surface area contributed by atoms with Crippen LogP contribution in [0.2, 0.25) is 0 Å². The summed E-state index contributed by atoms with van der Waals surface area (Å²) in [5.41, 5.74) is 5.20. The summed E-state index contributed by atoms with van der Waals surface area (Å²) in [6.07, 6.45) is 3.26. The number of carbonyl (C=O) groups excluding carboxylic acids is 1. The van der Waals surface area contributed by atoms with Gasteiger partial charge in [0.05, 0.1) is 6.04 Å². The van der Waals surface area contributed by atoms with E-state index in [1.807, 2.05) is 6.07 Å². The second-order valence-corrected chi connectivity index (χ2v) is 7.39. The Bertz CT molecular complexity index is 759. The Hall–Kier alpha value is -2.17. The zero-order valence-corrected chi connectivity index (χ0v) is 15.2. The fourth-order valence-corrected chi connectivity index (χ4v) is 4.06. The molecule has 1 saturated heterocycles. The Morgan fingerprint density at radius 1 is 1.04 bits per heavy atom. The SMILES string of the molecule is O=C(NCc1ccc2c(c1)CNC2)C1CCCCN1Cc1ccccc1. The van der Waals surface area contributed by atoms with Crippen LogP contribution in [0.3, 0.4) is 0 Å². The largest absolute Gasteiger partial charge is 0.351 e. The van der Waals surface area contributed by atoms with E-state index in [0.717, 1.165) is 39.0 Å². The van der Waals surface area contributed by atoms with Crippen LogP contribution in [0.1, 0.15) is 41.5 Å². The summed E-state index contributed by atoms with van der Waals surface area (Å²) in [6.45, 7) is 4.35. The standard InChI is InChI=1S/C22H27N3O/c26-22(24-13-18-9-10-19-14-23-15-20(19)12-18)21-8-4-5-11-25(21)16-17-6-2-1-3-7-17/h1-3,6-7,9-10,12,21,23H,4-5,8,11,13-16H2,(H,24,26). The van der Waals surface area contributed by atoms with Crippen LogP contribution in [0.25, 0.3) is 0 Å². The zero-order chi connectivity index (χ0) is 17.8. The first kappa shape index (κ1) is 17.3. The van der Waals surface area contributed by atoms with E-state index in [1.165, 1.54) is 28.7 Å². The van der Waals surface area contributed by atoms with Crippen LogP contribution >= 0.6 is 0 Å². The lowest BCUT2D eigenvalue weighted by molar-refractivity contribution is -0.128. The zero-order valence-electron chi connectivity index (χ0n) is 15.2. The number of hydrogen-bond acceptors (Lipinski definition) is 3. The van der Waals surface area contributed by atoms with E-state index < -0.39 is 0 Å². The Balaban J connectivity index is 1.37. The topological polar surface area (TPSA) is 44.4 Å². The molecule has 26 heavy (non-hydrogen) atoms. The molecule has 2 heterocycles. The van der Waals surface area contributed by atoms with Gasteiger partial charge < -0.3 is 10.6 Å². The number of piperidine rings is 1. The summed E-state index contributed by atoms with van der Waals surface area (Å²) in [5.74, 6) is 0.166. The maximum Gasteiger partial charge on any atom is 0.237 e. The van der Waals surface area contributed by atoms with Gasteiger partial charge in [-0.05, 0) is 41.6 Å². The molecule has 1 fully saturated rings. The quantitative estimate of drug-likeness (QED) is 0.872. The lowest BCUT2D eigenvalue weighted by atomic mass is 10.00. The van der Waals surface area contributed by atoms with Crippen molar-refractivity contribution in [2.24, 2.45) is 0 Å². The van der Waals surface area contributed by atoms with E-state index >= 15 is 0 Å².